The molecule has 0 spiro atoms. The van der Waals surface area contributed by atoms with Gasteiger partial charge in [-0.2, -0.15) is 0 Å². The average molecular weight is 256 g/mol. The average Bonchev–Trinajstić information content (AvgIpc) is 2.38. The summed E-state index contributed by atoms with van der Waals surface area (Å²) in [6.45, 7) is 2.00. The third-order valence-corrected chi connectivity index (χ3v) is 3.15. The van der Waals surface area contributed by atoms with E-state index in [-0.39, 0.29) is 11.3 Å². The van der Waals surface area contributed by atoms with Crippen molar-refractivity contribution in [1.29, 1.82) is 0 Å². The number of benzene rings is 2. The maximum Gasteiger partial charge on any atom is 0.337 e. The Labute approximate surface area is 112 Å². The fraction of sp³-hybridized carbons (Fsp3) is 0.133. The zero-order chi connectivity index (χ0) is 14.0. The number of para-hydroxylation sites is 2. The van der Waals surface area contributed by atoms with Crippen molar-refractivity contribution in [3.8, 4) is 0 Å². The van der Waals surface area contributed by atoms with E-state index in [0.717, 1.165) is 11.3 Å². The maximum atomic E-state index is 11.1. The summed E-state index contributed by atoms with van der Waals surface area (Å²) in [5.41, 5.74) is 9.14. The molecule has 0 atom stereocenters. The van der Waals surface area contributed by atoms with Crippen molar-refractivity contribution in [2.24, 2.45) is 0 Å². The Kier molecular flexibility index (Phi) is 3.42. The van der Waals surface area contributed by atoms with Crippen molar-refractivity contribution in [1.82, 2.24) is 0 Å². The molecule has 2 aromatic carbocycles. The van der Waals surface area contributed by atoms with Crippen molar-refractivity contribution in [2.45, 2.75) is 6.92 Å². The predicted octanol–water partition coefficient (Wildman–Crippen LogP) is 3.04. The Hall–Kier alpha value is -2.49. The number of hydrogen-bond acceptors (Lipinski definition) is 3. The molecule has 0 radical (unpaired) electrons. The van der Waals surface area contributed by atoms with Crippen molar-refractivity contribution in [3.63, 3.8) is 0 Å². The zero-order valence-electron chi connectivity index (χ0n) is 10.9. The van der Waals surface area contributed by atoms with Crippen LogP contribution >= 0.6 is 0 Å². The van der Waals surface area contributed by atoms with Gasteiger partial charge in [0.25, 0.3) is 0 Å². The highest BCUT2D eigenvalue weighted by Gasteiger charge is 2.15. The quantitative estimate of drug-likeness (QED) is 0.828. The van der Waals surface area contributed by atoms with Crippen LogP contribution in [0.15, 0.2) is 42.5 Å². The number of nitrogens with two attached hydrogens (primary N) is 1. The van der Waals surface area contributed by atoms with Crippen LogP contribution in [0.1, 0.15) is 15.9 Å². The SMILES string of the molecule is Cc1ccccc1N(C)c1cccc(C(=O)O)c1N. The van der Waals surface area contributed by atoms with E-state index < -0.39 is 5.97 Å². The van der Waals surface area contributed by atoms with E-state index in [1.807, 2.05) is 49.2 Å². The molecule has 2 rings (SSSR count). The molecule has 4 nitrogen and oxygen atoms in total. The monoisotopic (exact) mass is 256 g/mol. The molecule has 3 N–H and O–H groups in total. The molecule has 0 unspecified atom stereocenters. The lowest BCUT2D eigenvalue weighted by atomic mass is 10.1. The van der Waals surface area contributed by atoms with E-state index in [0.29, 0.717) is 5.69 Å². The summed E-state index contributed by atoms with van der Waals surface area (Å²) >= 11 is 0. The van der Waals surface area contributed by atoms with Crippen LogP contribution in [-0.2, 0) is 0 Å². The van der Waals surface area contributed by atoms with E-state index in [1.165, 1.54) is 6.07 Å². The van der Waals surface area contributed by atoms with Crippen LogP contribution in [0, 0.1) is 6.92 Å². The normalized spacial score (nSPS) is 10.2. The minimum Gasteiger partial charge on any atom is -0.478 e. The number of nitrogens with zero attached hydrogens (tertiary/aromatic N) is 1. The minimum absolute atomic E-state index is 0.123. The molecule has 98 valence electrons. The molecule has 0 amide bonds. The molecule has 0 saturated heterocycles. The van der Waals surface area contributed by atoms with E-state index in [9.17, 15) is 4.79 Å². The fourth-order valence-electron chi connectivity index (χ4n) is 2.10. The molecule has 0 saturated carbocycles. The summed E-state index contributed by atoms with van der Waals surface area (Å²) in [6, 6.07) is 12.9. The Balaban J connectivity index is 2.51. The van der Waals surface area contributed by atoms with E-state index >= 15 is 0 Å². The van der Waals surface area contributed by atoms with Gasteiger partial charge in [0.05, 0.1) is 16.9 Å². The van der Waals surface area contributed by atoms with Crippen LogP contribution in [0.25, 0.3) is 0 Å². The number of carbonyl (C=O) groups is 1. The number of aryl methyl sites for hydroxylation is 1. The molecule has 0 heterocycles. The van der Waals surface area contributed by atoms with Crippen molar-refractivity contribution < 1.29 is 9.90 Å². The number of carboxylic acid groups (broad SMARTS) is 1. The first-order valence-corrected chi connectivity index (χ1v) is 5.93. The van der Waals surface area contributed by atoms with E-state index in [1.54, 1.807) is 6.07 Å². The molecular weight excluding hydrogens is 240 g/mol. The number of nitrogen functional groups attached to an aromatic ring is 1. The van der Waals surface area contributed by atoms with Crippen molar-refractivity contribution in [2.75, 3.05) is 17.7 Å². The molecule has 0 bridgehead atoms. The second-order valence-corrected chi connectivity index (χ2v) is 4.39. The van der Waals surface area contributed by atoms with Crippen LogP contribution in [0.3, 0.4) is 0 Å². The molecule has 2 aromatic rings. The molecule has 4 heteroatoms. The first-order chi connectivity index (χ1) is 9.02. The summed E-state index contributed by atoms with van der Waals surface area (Å²) in [5, 5.41) is 9.10. The third-order valence-electron chi connectivity index (χ3n) is 3.15. The van der Waals surface area contributed by atoms with Crippen LogP contribution < -0.4 is 10.6 Å². The largest absolute Gasteiger partial charge is 0.478 e. The smallest absolute Gasteiger partial charge is 0.337 e. The molecule has 19 heavy (non-hydrogen) atoms. The van der Waals surface area contributed by atoms with Crippen LogP contribution in [0.4, 0.5) is 17.1 Å². The van der Waals surface area contributed by atoms with Gasteiger partial charge in [-0.3, -0.25) is 0 Å². The second kappa shape index (κ2) is 5.02. The highest BCUT2D eigenvalue weighted by atomic mass is 16.4. The fourth-order valence-corrected chi connectivity index (χ4v) is 2.10. The van der Waals surface area contributed by atoms with Gasteiger partial charge in [0.1, 0.15) is 0 Å². The Morgan fingerprint density at radius 3 is 2.37 bits per heavy atom. The van der Waals surface area contributed by atoms with Gasteiger partial charge in [-0.15, -0.1) is 0 Å². The van der Waals surface area contributed by atoms with Crippen molar-refractivity contribution >= 4 is 23.0 Å². The molecule has 0 fully saturated rings. The lowest BCUT2D eigenvalue weighted by Gasteiger charge is -2.23. The Morgan fingerprint density at radius 1 is 1.11 bits per heavy atom. The van der Waals surface area contributed by atoms with Crippen molar-refractivity contribution in [3.05, 3.63) is 53.6 Å². The Morgan fingerprint density at radius 2 is 1.74 bits per heavy atom. The lowest BCUT2D eigenvalue weighted by molar-refractivity contribution is 0.0698. The predicted molar refractivity (Wildman–Crippen MR) is 77.1 cm³/mol. The van der Waals surface area contributed by atoms with E-state index in [2.05, 4.69) is 0 Å². The summed E-state index contributed by atoms with van der Waals surface area (Å²) in [4.78, 5) is 13.0. The number of aromatic carboxylic acids is 1. The molecule has 0 aliphatic heterocycles. The summed E-state index contributed by atoms with van der Waals surface area (Å²) in [7, 11) is 1.87. The third kappa shape index (κ3) is 2.38. The number of hydrogen-bond donors (Lipinski definition) is 2. The first-order valence-electron chi connectivity index (χ1n) is 5.93. The van der Waals surface area contributed by atoms with Gasteiger partial charge in [-0.1, -0.05) is 24.3 Å². The first kappa shape index (κ1) is 13.0. The number of carboxylic acids is 1. The minimum atomic E-state index is -1.02. The maximum absolute atomic E-state index is 11.1. The summed E-state index contributed by atoms with van der Waals surface area (Å²) in [6.07, 6.45) is 0. The van der Waals surface area contributed by atoms with Gasteiger partial charge < -0.3 is 15.7 Å². The number of rotatable bonds is 3. The highest BCUT2D eigenvalue weighted by Crippen LogP contribution is 2.32. The standard InChI is InChI=1S/C15H16N2O2/c1-10-6-3-4-8-12(10)17(2)13-9-5-7-11(14(13)16)15(18)19/h3-9H,16H2,1-2H3,(H,18,19). The topological polar surface area (TPSA) is 66.6 Å². The Bertz CT molecular complexity index is 623. The van der Waals surface area contributed by atoms with Gasteiger partial charge in [0.15, 0.2) is 0 Å². The van der Waals surface area contributed by atoms with Crippen LogP contribution in [-0.4, -0.2) is 18.1 Å². The van der Waals surface area contributed by atoms with Gasteiger partial charge in [-0.05, 0) is 30.7 Å². The highest BCUT2D eigenvalue weighted by molar-refractivity contribution is 5.98. The van der Waals surface area contributed by atoms with Gasteiger partial charge in [0, 0.05) is 12.7 Å². The van der Waals surface area contributed by atoms with Gasteiger partial charge in [-0.25, -0.2) is 4.79 Å². The lowest BCUT2D eigenvalue weighted by Crippen LogP contribution is -2.14. The molecule has 0 aliphatic rings. The summed E-state index contributed by atoms with van der Waals surface area (Å²) < 4.78 is 0. The van der Waals surface area contributed by atoms with Gasteiger partial charge in [0.2, 0.25) is 0 Å². The van der Waals surface area contributed by atoms with Crippen LogP contribution in [0.2, 0.25) is 0 Å². The zero-order valence-corrected chi connectivity index (χ0v) is 10.9. The molecular formula is C15H16N2O2. The summed E-state index contributed by atoms with van der Waals surface area (Å²) in [5.74, 6) is -1.02. The number of anilines is 3. The van der Waals surface area contributed by atoms with E-state index in [4.69, 9.17) is 10.8 Å². The molecule has 0 aromatic heterocycles. The van der Waals surface area contributed by atoms with Crippen LogP contribution in [0.5, 0.6) is 0 Å². The molecule has 0 aliphatic carbocycles. The van der Waals surface area contributed by atoms with Gasteiger partial charge >= 0.3 is 5.97 Å². The second-order valence-electron chi connectivity index (χ2n) is 4.39.